The lowest BCUT2D eigenvalue weighted by molar-refractivity contribution is 0.0505. The molecule has 1 amide bonds. The molecule has 110 valence electrons. The minimum atomic E-state index is -0.429. The van der Waals surface area contributed by atoms with Gasteiger partial charge in [0.2, 0.25) is 0 Å². The third-order valence-electron chi connectivity index (χ3n) is 3.55. The van der Waals surface area contributed by atoms with Crippen molar-refractivity contribution in [1.29, 1.82) is 0 Å². The normalized spacial score (nSPS) is 31.4. The number of hydrogen-bond donors (Lipinski definition) is 2. The van der Waals surface area contributed by atoms with E-state index >= 15 is 0 Å². The van der Waals surface area contributed by atoms with Crippen LogP contribution in [-0.4, -0.2) is 43.0 Å². The van der Waals surface area contributed by atoms with Crippen LogP contribution in [0.15, 0.2) is 0 Å². The molecule has 1 saturated heterocycles. The maximum absolute atomic E-state index is 11.7. The third kappa shape index (κ3) is 4.99. The van der Waals surface area contributed by atoms with Crippen LogP contribution in [0.4, 0.5) is 4.79 Å². The number of nitrogens with one attached hydrogen (secondary N) is 2. The standard InChI is InChI=1S/C14H26N2O3/c1-14(2,3)19-13(17)16-11-5-4-10(8-11)15-12-6-7-18-9-12/h10-12,15H,4-9H2,1-3H3,(H,16,17). The van der Waals surface area contributed by atoms with Crippen molar-refractivity contribution in [1.82, 2.24) is 10.6 Å². The molecule has 0 aromatic carbocycles. The Morgan fingerprint density at radius 3 is 2.53 bits per heavy atom. The molecule has 0 spiro atoms. The quantitative estimate of drug-likeness (QED) is 0.821. The molecule has 0 radical (unpaired) electrons. The van der Waals surface area contributed by atoms with Gasteiger partial charge in [0.05, 0.1) is 6.61 Å². The van der Waals surface area contributed by atoms with Gasteiger partial charge < -0.3 is 20.1 Å². The number of rotatable bonds is 3. The smallest absolute Gasteiger partial charge is 0.407 e. The molecule has 0 aromatic rings. The van der Waals surface area contributed by atoms with Crippen LogP contribution in [-0.2, 0) is 9.47 Å². The van der Waals surface area contributed by atoms with Crippen molar-refractivity contribution in [3.05, 3.63) is 0 Å². The fourth-order valence-corrected chi connectivity index (χ4v) is 2.74. The van der Waals surface area contributed by atoms with E-state index in [1.807, 2.05) is 20.8 Å². The van der Waals surface area contributed by atoms with Crippen molar-refractivity contribution in [3.8, 4) is 0 Å². The summed E-state index contributed by atoms with van der Waals surface area (Å²) in [5, 5.41) is 6.57. The Morgan fingerprint density at radius 2 is 1.89 bits per heavy atom. The molecule has 3 atom stereocenters. The fraction of sp³-hybridized carbons (Fsp3) is 0.929. The Balaban J connectivity index is 1.68. The highest BCUT2D eigenvalue weighted by atomic mass is 16.6. The molecule has 1 saturated carbocycles. The van der Waals surface area contributed by atoms with Crippen LogP contribution in [0.2, 0.25) is 0 Å². The first-order valence-corrected chi connectivity index (χ1v) is 7.26. The molecule has 3 unspecified atom stereocenters. The molecule has 5 heteroatoms. The lowest BCUT2D eigenvalue weighted by Gasteiger charge is -2.22. The van der Waals surface area contributed by atoms with Crippen molar-refractivity contribution in [3.63, 3.8) is 0 Å². The molecule has 1 aliphatic heterocycles. The lowest BCUT2D eigenvalue weighted by Crippen LogP contribution is -2.41. The van der Waals surface area contributed by atoms with Crippen molar-refractivity contribution < 1.29 is 14.3 Å². The minimum Gasteiger partial charge on any atom is -0.444 e. The van der Waals surface area contributed by atoms with Gasteiger partial charge >= 0.3 is 6.09 Å². The monoisotopic (exact) mass is 270 g/mol. The zero-order chi connectivity index (χ0) is 13.9. The van der Waals surface area contributed by atoms with Gasteiger partial charge in [0, 0.05) is 24.7 Å². The van der Waals surface area contributed by atoms with Gasteiger partial charge in [0.1, 0.15) is 5.60 Å². The highest BCUT2D eigenvalue weighted by Gasteiger charge is 2.29. The van der Waals surface area contributed by atoms with Gasteiger partial charge in [0.15, 0.2) is 0 Å². The summed E-state index contributed by atoms with van der Waals surface area (Å²) in [5.74, 6) is 0. The van der Waals surface area contributed by atoms with E-state index in [1.165, 1.54) is 0 Å². The summed E-state index contributed by atoms with van der Waals surface area (Å²) in [5.41, 5.74) is -0.429. The summed E-state index contributed by atoms with van der Waals surface area (Å²) in [7, 11) is 0. The second kappa shape index (κ2) is 6.09. The molecular weight excluding hydrogens is 244 g/mol. The Bertz CT molecular complexity index is 308. The summed E-state index contributed by atoms with van der Waals surface area (Å²) in [6.45, 7) is 7.33. The number of ether oxygens (including phenoxy) is 2. The largest absolute Gasteiger partial charge is 0.444 e. The molecule has 5 nitrogen and oxygen atoms in total. The predicted octanol–water partition coefficient (Wildman–Crippen LogP) is 1.81. The number of hydrogen-bond acceptors (Lipinski definition) is 4. The van der Waals surface area contributed by atoms with Crippen LogP contribution in [0.3, 0.4) is 0 Å². The first kappa shape index (κ1) is 14.6. The molecule has 2 fully saturated rings. The lowest BCUT2D eigenvalue weighted by atomic mass is 10.2. The average Bonchev–Trinajstić information content (AvgIpc) is 2.88. The van der Waals surface area contributed by atoms with Crippen molar-refractivity contribution >= 4 is 6.09 Å². The molecular formula is C14H26N2O3. The zero-order valence-electron chi connectivity index (χ0n) is 12.2. The summed E-state index contributed by atoms with van der Waals surface area (Å²) in [6, 6.07) is 1.21. The maximum Gasteiger partial charge on any atom is 0.407 e. The van der Waals surface area contributed by atoms with E-state index in [1.54, 1.807) is 0 Å². The van der Waals surface area contributed by atoms with Gasteiger partial charge in [-0.2, -0.15) is 0 Å². The van der Waals surface area contributed by atoms with Gasteiger partial charge in [-0.1, -0.05) is 0 Å². The van der Waals surface area contributed by atoms with E-state index in [4.69, 9.17) is 9.47 Å². The van der Waals surface area contributed by atoms with E-state index in [0.29, 0.717) is 12.1 Å². The molecule has 0 bridgehead atoms. The SMILES string of the molecule is CC(C)(C)OC(=O)NC1CCC(NC2CCOC2)C1. The van der Waals surface area contributed by atoms with Gasteiger partial charge in [-0.15, -0.1) is 0 Å². The fourth-order valence-electron chi connectivity index (χ4n) is 2.74. The van der Waals surface area contributed by atoms with Crippen LogP contribution in [0.1, 0.15) is 46.5 Å². The van der Waals surface area contributed by atoms with Gasteiger partial charge in [-0.3, -0.25) is 0 Å². The summed E-state index contributed by atoms with van der Waals surface area (Å²) in [6.07, 6.45) is 3.90. The highest BCUT2D eigenvalue weighted by molar-refractivity contribution is 5.68. The molecule has 1 aliphatic carbocycles. The Labute approximate surface area is 115 Å². The Kier molecular flexibility index (Phi) is 4.68. The molecule has 19 heavy (non-hydrogen) atoms. The molecule has 2 aliphatic rings. The van der Waals surface area contributed by atoms with Gasteiger partial charge in [-0.05, 0) is 46.5 Å². The van der Waals surface area contributed by atoms with Crippen LogP contribution in [0, 0.1) is 0 Å². The molecule has 1 heterocycles. The number of carbonyl (C=O) groups excluding carboxylic acids is 1. The Morgan fingerprint density at radius 1 is 1.16 bits per heavy atom. The van der Waals surface area contributed by atoms with E-state index < -0.39 is 5.60 Å². The topological polar surface area (TPSA) is 59.6 Å². The van der Waals surface area contributed by atoms with Crippen molar-refractivity contribution in [2.75, 3.05) is 13.2 Å². The first-order chi connectivity index (χ1) is 8.92. The second-order valence-corrected chi connectivity index (χ2v) is 6.58. The minimum absolute atomic E-state index is 0.231. The summed E-state index contributed by atoms with van der Waals surface area (Å²) < 4.78 is 10.6. The van der Waals surface area contributed by atoms with E-state index in [9.17, 15) is 4.79 Å². The van der Waals surface area contributed by atoms with E-state index in [0.717, 1.165) is 38.9 Å². The third-order valence-corrected chi connectivity index (χ3v) is 3.55. The van der Waals surface area contributed by atoms with Crippen LogP contribution < -0.4 is 10.6 Å². The summed E-state index contributed by atoms with van der Waals surface area (Å²) >= 11 is 0. The van der Waals surface area contributed by atoms with Crippen LogP contribution >= 0.6 is 0 Å². The number of carbonyl (C=O) groups is 1. The molecule has 2 rings (SSSR count). The number of amides is 1. The van der Waals surface area contributed by atoms with Crippen molar-refractivity contribution in [2.24, 2.45) is 0 Å². The van der Waals surface area contributed by atoms with E-state index in [2.05, 4.69) is 10.6 Å². The maximum atomic E-state index is 11.7. The molecule has 0 aromatic heterocycles. The van der Waals surface area contributed by atoms with Gasteiger partial charge in [-0.25, -0.2) is 4.79 Å². The Hall–Kier alpha value is -0.810. The first-order valence-electron chi connectivity index (χ1n) is 7.26. The highest BCUT2D eigenvalue weighted by Crippen LogP contribution is 2.21. The average molecular weight is 270 g/mol. The second-order valence-electron chi connectivity index (χ2n) is 6.58. The van der Waals surface area contributed by atoms with Gasteiger partial charge in [0.25, 0.3) is 0 Å². The van der Waals surface area contributed by atoms with Crippen LogP contribution in [0.5, 0.6) is 0 Å². The van der Waals surface area contributed by atoms with E-state index in [-0.39, 0.29) is 12.1 Å². The predicted molar refractivity (Wildman–Crippen MR) is 73.2 cm³/mol. The van der Waals surface area contributed by atoms with Crippen molar-refractivity contribution in [2.45, 2.75) is 70.2 Å². The molecule has 2 N–H and O–H groups in total. The zero-order valence-corrected chi connectivity index (χ0v) is 12.2. The van der Waals surface area contributed by atoms with Crippen LogP contribution in [0.25, 0.3) is 0 Å². The summed E-state index contributed by atoms with van der Waals surface area (Å²) in [4.78, 5) is 11.7. The number of alkyl carbamates (subject to hydrolysis) is 1.